The fraction of sp³-hybridized carbons (Fsp3) is 0.500. The highest BCUT2D eigenvalue weighted by Gasteiger charge is 2.22. The summed E-state index contributed by atoms with van der Waals surface area (Å²) in [7, 11) is 0. The molecule has 0 spiro atoms. The van der Waals surface area contributed by atoms with E-state index >= 15 is 0 Å². The van der Waals surface area contributed by atoms with Gasteiger partial charge in [0.05, 0.1) is 5.56 Å². The summed E-state index contributed by atoms with van der Waals surface area (Å²) in [5.41, 5.74) is 1.08. The van der Waals surface area contributed by atoms with Crippen molar-refractivity contribution >= 4 is 11.8 Å². The van der Waals surface area contributed by atoms with Gasteiger partial charge in [-0.05, 0) is 38.8 Å². The minimum absolute atomic E-state index is 0.321. The number of hydrogen-bond donors (Lipinski definition) is 1. The standard InChI is InChI=1S/C12H16N2O2/c1-8-6-10(12(15)16)7-11(13-8)14-5-3-4-9(14)2/h6-7,9H,3-5H2,1-2H3,(H,15,16). The predicted molar refractivity (Wildman–Crippen MR) is 62.0 cm³/mol. The molecule has 0 amide bonds. The van der Waals surface area contributed by atoms with Gasteiger partial charge in [0.25, 0.3) is 0 Å². The Hall–Kier alpha value is -1.58. The van der Waals surface area contributed by atoms with E-state index in [0.717, 1.165) is 30.9 Å². The van der Waals surface area contributed by atoms with Gasteiger partial charge in [0.15, 0.2) is 0 Å². The molecule has 1 unspecified atom stereocenters. The zero-order valence-corrected chi connectivity index (χ0v) is 9.60. The minimum atomic E-state index is -0.890. The van der Waals surface area contributed by atoms with Gasteiger partial charge in [-0.25, -0.2) is 9.78 Å². The smallest absolute Gasteiger partial charge is 0.335 e. The van der Waals surface area contributed by atoms with Crippen LogP contribution in [0.15, 0.2) is 12.1 Å². The normalized spacial score (nSPS) is 20.1. The van der Waals surface area contributed by atoms with Crippen molar-refractivity contribution in [1.82, 2.24) is 4.98 Å². The van der Waals surface area contributed by atoms with Crippen molar-refractivity contribution in [2.75, 3.05) is 11.4 Å². The fourth-order valence-corrected chi connectivity index (χ4v) is 2.20. The van der Waals surface area contributed by atoms with Crippen LogP contribution in [0.4, 0.5) is 5.82 Å². The van der Waals surface area contributed by atoms with Gasteiger partial charge in [-0.15, -0.1) is 0 Å². The SMILES string of the molecule is Cc1cc(C(=O)O)cc(N2CCCC2C)n1. The number of anilines is 1. The molecule has 4 heteroatoms. The Kier molecular flexibility index (Phi) is 2.81. The quantitative estimate of drug-likeness (QED) is 0.829. The van der Waals surface area contributed by atoms with Crippen LogP contribution >= 0.6 is 0 Å². The number of carboxylic acid groups (broad SMARTS) is 1. The molecule has 0 aromatic carbocycles. The zero-order chi connectivity index (χ0) is 11.7. The maximum Gasteiger partial charge on any atom is 0.335 e. The van der Waals surface area contributed by atoms with E-state index in [2.05, 4.69) is 16.8 Å². The van der Waals surface area contributed by atoms with Crippen molar-refractivity contribution in [3.63, 3.8) is 0 Å². The van der Waals surface area contributed by atoms with Gasteiger partial charge in [-0.2, -0.15) is 0 Å². The van der Waals surface area contributed by atoms with E-state index in [1.807, 2.05) is 6.92 Å². The summed E-state index contributed by atoms with van der Waals surface area (Å²) >= 11 is 0. The first kappa shape index (κ1) is 10.9. The molecule has 1 aliphatic heterocycles. The molecule has 1 aromatic heterocycles. The molecule has 0 radical (unpaired) electrons. The lowest BCUT2D eigenvalue weighted by Gasteiger charge is -2.23. The number of rotatable bonds is 2. The summed E-state index contributed by atoms with van der Waals surface area (Å²) in [5.74, 6) is -0.0963. The summed E-state index contributed by atoms with van der Waals surface area (Å²) < 4.78 is 0. The Morgan fingerprint density at radius 3 is 2.88 bits per heavy atom. The van der Waals surface area contributed by atoms with E-state index in [0.29, 0.717) is 11.6 Å². The number of aryl methyl sites for hydroxylation is 1. The maximum atomic E-state index is 11.0. The molecule has 0 saturated carbocycles. The molecular formula is C12H16N2O2. The van der Waals surface area contributed by atoms with Gasteiger partial charge in [0.2, 0.25) is 0 Å². The summed E-state index contributed by atoms with van der Waals surface area (Å²) in [6.45, 7) is 4.95. The van der Waals surface area contributed by atoms with E-state index < -0.39 is 5.97 Å². The van der Waals surface area contributed by atoms with Crippen LogP contribution in [0.25, 0.3) is 0 Å². The second-order valence-corrected chi connectivity index (χ2v) is 4.35. The number of carboxylic acids is 1. The molecule has 1 atom stereocenters. The Bertz CT molecular complexity index is 417. The molecule has 1 aliphatic rings. The number of nitrogens with zero attached hydrogens (tertiary/aromatic N) is 2. The van der Waals surface area contributed by atoms with E-state index in [4.69, 9.17) is 5.11 Å². The van der Waals surface area contributed by atoms with Crippen molar-refractivity contribution in [2.24, 2.45) is 0 Å². The van der Waals surface area contributed by atoms with E-state index in [-0.39, 0.29) is 0 Å². The van der Waals surface area contributed by atoms with Gasteiger partial charge in [-0.3, -0.25) is 0 Å². The lowest BCUT2D eigenvalue weighted by molar-refractivity contribution is 0.0696. The molecule has 2 rings (SSSR count). The predicted octanol–water partition coefficient (Wildman–Crippen LogP) is 2.08. The lowest BCUT2D eigenvalue weighted by Crippen LogP contribution is -2.27. The van der Waals surface area contributed by atoms with Gasteiger partial charge in [0.1, 0.15) is 5.82 Å². The first-order valence-corrected chi connectivity index (χ1v) is 5.56. The summed E-state index contributed by atoms with van der Waals surface area (Å²) in [6.07, 6.45) is 2.30. The third-order valence-electron chi connectivity index (χ3n) is 3.03. The molecule has 1 aromatic rings. The van der Waals surface area contributed by atoms with Crippen LogP contribution in [0.5, 0.6) is 0 Å². The topological polar surface area (TPSA) is 53.4 Å². The second-order valence-electron chi connectivity index (χ2n) is 4.35. The highest BCUT2D eigenvalue weighted by molar-refractivity contribution is 5.88. The monoisotopic (exact) mass is 220 g/mol. The van der Waals surface area contributed by atoms with Crippen LogP contribution in [0.3, 0.4) is 0 Å². The van der Waals surface area contributed by atoms with Gasteiger partial charge < -0.3 is 10.0 Å². The van der Waals surface area contributed by atoms with Crippen LogP contribution in [0, 0.1) is 6.92 Å². The summed E-state index contributed by atoms with van der Waals surface area (Å²) in [5, 5.41) is 9.00. The van der Waals surface area contributed by atoms with Crippen molar-refractivity contribution in [3.8, 4) is 0 Å². The van der Waals surface area contributed by atoms with Gasteiger partial charge in [-0.1, -0.05) is 0 Å². The molecule has 0 bridgehead atoms. The van der Waals surface area contributed by atoms with Crippen LogP contribution in [-0.4, -0.2) is 28.6 Å². The number of aromatic nitrogens is 1. The largest absolute Gasteiger partial charge is 0.478 e. The Balaban J connectivity index is 2.37. The minimum Gasteiger partial charge on any atom is -0.478 e. The van der Waals surface area contributed by atoms with Crippen molar-refractivity contribution in [1.29, 1.82) is 0 Å². The van der Waals surface area contributed by atoms with Crippen molar-refractivity contribution in [3.05, 3.63) is 23.4 Å². The zero-order valence-electron chi connectivity index (χ0n) is 9.60. The van der Waals surface area contributed by atoms with Crippen molar-refractivity contribution < 1.29 is 9.90 Å². The third-order valence-corrected chi connectivity index (χ3v) is 3.03. The van der Waals surface area contributed by atoms with Crippen molar-refractivity contribution in [2.45, 2.75) is 32.7 Å². The Morgan fingerprint density at radius 2 is 2.31 bits per heavy atom. The molecular weight excluding hydrogens is 204 g/mol. The number of carbonyl (C=O) groups is 1. The molecule has 2 heterocycles. The summed E-state index contributed by atoms with van der Waals surface area (Å²) in [6, 6.07) is 3.72. The van der Waals surface area contributed by atoms with Gasteiger partial charge in [0, 0.05) is 18.3 Å². The van der Waals surface area contributed by atoms with Crippen LogP contribution < -0.4 is 4.90 Å². The number of hydrogen-bond acceptors (Lipinski definition) is 3. The van der Waals surface area contributed by atoms with E-state index in [1.54, 1.807) is 12.1 Å². The first-order valence-electron chi connectivity index (χ1n) is 5.56. The van der Waals surface area contributed by atoms with Crippen LogP contribution in [0.2, 0.25) is 0 Å². The molecule has 16 heavy (non-hydrogen) atoms. The number of pyridine rings is 1. The molecule has 4 nitrogen and oxygen atoms in total. The Morgan fingerprint density at radius 1 is 1.56 bits per heavy atom. The molecule has 1 saturated heterocycles. The number of aromatic carboxylic acids is 1. The first-order chi connectivity index (χ1) is 7.58. The lowest BCUT2D eigenvalue weighted by atomic mass is 10.2. The summed E-state index contributed by atoms with van der Waals surface area (Å²) in [4.78, 5) is 17.5. The molecule has 0 aliphatic carbocycles. The maximum absolute atomic E-state index is 11.0. The van der Waals surface area contributed by atoms with Crippen LogP contribution in [-0.2, 0) is 0 Å². The van der Waals surface area contributed by atoms with E-state index in [9.17, 15) is 4.79 Å². The molecule has 1 N–H and O–H groups in total. The van der Waals surface area contributed by atoms with E-state index in [1.165, 1.54) is 0 Å². The van der Waals surface area contributed by atoms with Gasteiger partial charge >= 0.3 is 5.97 Å². The fourth-order valence-electron chi connectivity index (χ4n) is 2.20. The molecule has 86 valence electrons. The molecule has 1 fully saturated rings. The highest BCUT2D eigenvalue weighted by atomic mass is 16.4. The third kappa shape index (κ3) is 2.01. The second kappa shape index (κ2) is 4.12. The Labute approximate surface area is 94.9 Å². The average molecular weight is 220 g/mol. The highest BCUT2D eigenvalue weighted by Crippen LogP contribution is 2.24. The average Bonchev–Trinajstić information content (AvgIpc) is 2.63. The van der Waals surface area contributed by atoms with Crippen LogP contribution in [0.1, 0.15) is 35.8 Å².